The summed E-state index contributed by atoms with van der Waals surface area (Å²) in [5, 5.41) is 8.90. The number of ketones is 1. The van der Waals surface area contributed by atoms with Crippen LogP contribution in [-0.4, -0.2) is 12.4 Å². The van der Waals surface area contributed by atoms with E-state index in [1.807, 2.05) is 13.8 Å². The van der Waals surface area contributed by atoms with E-state index >= 15 is 0 Å². The number of hydrogen-bond donors (Lipinski definition) is 0. The van der Waals surface area contributed by atoms with Crippen LogP contribution in [0.25, 0.3) is 0 Å². The minimum absolute atomic E-state index is 0.217. The van der Waals surface area contributed by atoms with Gasteiger partial charge >= 0.3 is 0 Å². The summed E-state index contributed by atoms with van der Waals surface area (Å²) in [7, 11) is 0. The minimum atomic E-state index is -0.446. The lowest BCUT2D eigenvalue weighted by molar-refractivity contribution is 0.101. The third-order valence-electron chi connectivity index (χ3n) is 3.08. The molecule has 4 heteroatoms. The average Bonchev–Trinajstić information content (AvgIpc) is 2.39. The first kappa shape index (κ1) is 16.2. The summed E-state index contributed by atoms with van der Waals surface area (Å²) in [5.41, 5.74) is -0.0530. The van der Waals surface area contributed by atoms with Gasteiger partial charge < -0.3 is 4.74 Å². The summed E-state index contributed by atoms with van der Waals surface area (Å²) < 4.78 is 18.6. The van der Waals surface area contributed by atoms with Gasteiger partial charge in [-0.05, 0) is 58.2 Å². The van der Waals surface area contributed by atoms with E-state index < -0.39 is 5.82 Å². The van der Waals surface area contributed by atoms with Crippen molar-refractivity contribution < 1.29 is 13.9 Å². The van der Waals surface area contributed by atoms with Crippen molar-refractivity contribution in [3.63, 3.8) is 0 Å². The van der Waals surface area contributed by atoms with Crippen LogP contribution in [-0.2, 0) is 0 Å². The highest BCUT2D eigenvalue weighted by molar-refractivity contribution is 5.96. The first-order chi connectivity index (χ1) is 9.35. The van der Waals surface area contributed by atoms with E-state index in [4.69, 9.17) is 10.00 Å². The van der Waals surface area contributed by atoms with Crippen LogP contribution in [0.1, 0.15) is 50.4 Å². The molecular weight excluding hydrogens is 257 g/mol. The van der Waals surface area contributed by atoms with E-state index in [1.54, 1.807) is 0 Å². The van der Waals surface area contributed by atoms with Crippen LogP contribution in [0, 0.1) is 22.6 Å². The summed E-state index contributed by atoms with van der Waals surface area (Å²) in [4.78, 5) is 11.4. The molecule has 0 radical (unpaired) electrons. The average molecular weight is 277 g/mol. The summed E-state index contributed by atoms with van der Waals surface area (Å²) in [6, 6.07) is 6.20. The number of hydrogen-bond acceptors (Lipinski definition) is 3. The SMILES string of the molecule is CC(=O)c1cc(F)ccc1OCCCCC(C)(C)C#N. The predicted molar refractivity (Wildman–Crippen MR) is 75.1 cm³/mol. The van der Waals surface area contributed by atoms with Gasteiger partial charge in [0.1, 0.15) is 11.6 Å². The molecule has 0 amide bonds. The number of carbonyl (C=O) groups excluding carboxylic acids is 1. The van der Waals surface area contributed by atoms with E-state index in [9.17, 15) is 9.18 Å². The second kappa shape index (κ2) is 7.04. The fraction of sp³-hybridized carbons (Fsp3) is 0.500. The van der Waals surface area contributed by atoms with E-state index in [0.717, 1.165) is 19.3 Å². The van der Waals surface area contributed by atoms with Gasteiger partial charge in [-0.25, -0.2) is 4.39 Å². The Morgan fingerprint density at radius 1 is 1.40 bits per heavy atom. The molecule has 0 saturated carbocycles. The molecule has 0 unspecified atom stereocenters. The van der Waals surface area contributed by atoms with E-state index in [1.165, 1.54) is 25.1 Å². The van der Waals surface area contributed by atoms with Gasteiger partial charge in [0.05, 0.1) is 23.7 Å². The maximum atomic E-state index is 13.1. The Hall–Kier alpha value is -1.89. The fourth-order valence-corrected chi connectivity index (χ4v) is 1.81. The van der Waals surface area contributed by atoms with Gasteiger partial charge in [-0.15, -0.1) is 0 Å². The quantitative estimate of drug-likeness (QED) is 0.556. The zero-order chi connectivity index (χ0) is 15.2. The minimum Gasteiger partial charge on any atom is -0.493 e. The fourth-order valence-electron chi connectivity index (χ4n) is 1.81. The highest BCUT2D eigenvalue weighted by atomic mass is 19.1. The lowest BCUT2D eigenvalue weighted by Crippen LogP contribution is -2.09. The van der Waals surface area contributed by atoms with Crippen LogP contribution in [0.15, 0.2) is 18.2 Å². The van der Waals surface area contributed by atoms with Crippen LogP contribution in [0.5, 0.6) is 5.75 Å². The van der Waals surface area contributed by atoms with Crippen LogP contribution in [0.3, 0.4) is 0 Å². The largest absolute Gasteiger partial charge is 0.493 e. The molecule has 0 fully saturated rings. The van der Waals surface area contributed by atoms with Crippen molar-refractivity contribution in [2.24, 2.45) is 5.41 Å². The number of Topliss-reactive ketones (excluding diaryl/α,β-unsaturated/α-hetero) is 1. The summed E-state index contributed by atoms with van der Waals surface area (Å²) >= 11 is 0. The van der Waals surface area contributed by atoms with Gasteiger partial charge in [-0.3, -0.25) is 4.79 Å². The number of nitriles is 1. The molecule has 1 rings (SSSR count). The number of carbonyl (C=O) groups is 1. The molecule has 0 heterocycles. The van der Waals surface area contributed by atoms with E-state index in [-0.39, 0.29) is 16.8 Å². The van der Waals surface area contributed by atoms with Crippen LogP contribution in [0.2, 0.25) is 0 Å². The third kappa shape index (κ3) is 5.00. The molecule has 0 aromatic heterocycles. The molecule has 1 aromatic rings. The number of halogens is 1. The Labute approximate surface area is 119 Å². The Balaban J connectivity index is 2.47. The summed E-state index contributed by atoms with van der Waals surface area (Å²) in [6.07, 6.45) is 2.47. The van der Waals surface area contributed by atoms with Gasteiger partial charge in [0.15, 0.2) is 5.78 Å². The lowest BCUT2D eigenvalue weighted by atomic mass is 9.89. The molecule has 0 atom stereocenters. The normalized spacial score (nSPS) is 10.9. The summed E-state index contributed by atoms with van der Waals surface area (Å²) in [5.74, 6) is -0.248. The van der Waals surface area contributed by atoms with Gasteiger partial charge in [0.2, 0.25) is 0 Å². The second-order valence-corrected chi connectivity index (χ2v) is 5.50. The molecular formula is C16H20FNO2. The molecule has 0 spiro atoms. The smallest absolute Gasteiger partial charge is 0.163 e. The third-order valence-corrected chi connectivity index (χ3v) is 3.08. The van der Waals surface area contributed by atoms with Gasteiger partial charge in [-0.2, -0.15) is 5.26 Å². The maximum absolute atomic E-state index is 13.1. The van der Waals surface area contributed by atoms with Crippen molar-refractivity contribution in [1.29, 1.82) is 5.26 Å². The topological polar surface area (TPSA) is 50.1 Å². The van der Waals surface area contributed by atoms with Crippen molar-refractivity contribution >= 4 is 5.78 Å². The van der Waals surface area contributed by atoms with Gasteiger partial charge in [0, 0.05) is 0 Å². The highest BCUT2D eigenvalue weighted by Gasteiger charge is 2.15. The Morgan fingerprint density at radius 2 is 2.10 bits per heavy atom. The second-order valence-electron chi connectivity index (χ2n) is 5.50. The lowest BCUT2D eigenvalue weighted by Gasteiger charge is -2.15. The zero-order valence-corrected chi connectivity index (χ0v) is 12.2. The van der Waals surface area contributed by atoms with Crippen molar-refractivity contribution in [3.05, 3.63) is 29.6 Å². The molecule has 108 valence electrons. The number of unbranched alkanes of at least 4 members (excludes halogenated alkanes) is 1. The van der Waals surface area contributed by atoms with Crippen molar-refractivity contribution in [3.8, 4) is 11.8 Å². The first-order valence-electron chi connectivity index (χ1n) is 6.70. The Morgan fingerprint density at radius 3 is 2.70 bits per heavy atom. The van der Waals surface area contributed by atoms with Crippen LogP contribution < -0.4 is 4.74 Å². The molecule has 3 nitrogen and oxygen atoms in total. The molecule has 1 aromatic carbocycles. The maximum Gasteiger partial charge on any atom is 0.163 e. The number of rotatable bonds is 7. The predicted octanol–water partition coefficient (Wildman–Crippen LogP) is 4.13. The Kier molecular flexibility index (Phi) is 5.69. The molecule has 20 heavy (non-hydrogen) atoms. The highest BCUT2D eigenvalue weighted by Crippen LogP contribution is 2.23. The van der Waals surface area contributed by atoms with Crippen molar-refractivity contribution in [1.82, 2.24) is 0 Å². The monoisotopic (exact) mass is 277 g/mol. The molecule has 0 N–H and O–H groups in total. The molecule has 0 bridgehead atoms. The molecule has 0 aliphatic rings. The summed E-state index contributed by atoms with van der Waals surface area (Å²) in [6.45, 7) is 5.65. The zero-order valence-electron chi connectivity index (χ0n) is 12.2. The molecule has 0 aliphatic carbocycles. The first-order valence-corrected chi connectivity index (χ1v) is 6.70. The standard InChI is InChI=1S/C16H20FNO2/c1-12(19)14-10-13(17)6-7-15(14)20-9-5-4-8-16(2,3)11-18/h6-7,10H,4-5,8-9H2,1-3H3. The number of nitrogens with zero attached hydrogens (tertiary/aromatic N) is 1. The van der Waals surface area contributed by atoms with E-state index in [0.29, 0.717) is 12.4 Å². The van der Waals surface area contributed by atoms with Crippen LogP contribution >= 0.6 is 0 Å². The van der Waals surface area contributed by atoms with Crippen molar-refractivity contribution in [2.45, 2.75) is 40.0 Å². The Bertz CT molecular complexity index is 518. The molecule has 0 aliphatic heterocycles. The van der Waals surface area contributed by atoms with Crippen LogP contribution in [0.4, 0.5) is 4.39 Å². The molecule has 0 saturated heterocycles. The van der Waals surface area contributed by atoms with Crippen molar-refractivity contribution in [2.75, 3.05) is 6.61 Å². The van der Waals surface area contributed by atoms with E-state index in [2.05, 4.69) is 6.07 Å². The van der Waals surface area contributed by atoms with Gasteiger partial charge in [-0.1, -0.05) is 0 Å². The number of benzene rings is 1. The number of ether oxygens (including phenoxy) is 1. The van der Waals surface area contributed by atoms with Gasteiger partial charge in [0.25, 0.3) is 0 Å².